The normalized spacial score (nSPS) is 17.1. The number of allylic oxidation sites excluding steroid dienone is 5. The van der Waals surface area contributed by atoms with Gasteiger partial charge in [0.1, 0.15) is 17.3 Å². The molecule has 5 heteroatoms. The fourth-order valence-electron chi connectivity index (χ4n) is 5.09. The first kappa shape index (κ1) is 22.1. The van der Waals surface area contributed by atoms with Gasteiger partial charge in [-0.2, -0.15) is 0 Å². The molecule has 0 aliphatic carbocycles. The van der Waals surface area contributed by atoms with Crippen LogP contribution in [-0.4, -0.2) is 15.0 Å². The number of para-hydroxylation sites is 3. The van der Waals surface area contributed by atoms with Crippen molar-refractivity contribution in [3.05, 3.63) is 134 Å². The number of aryl methyl sites for hydroxylation is 1. The minimum absolute atomic E-state index is 0.759. The third-order valence-electron chi connectivity index (χ3n) is 6.79. The van der Waals surface area contributed by atoms with Crippen molar-refractivity contribution in [2.45, 2.75) is 0 Å². The summed E-state index contributed by atoms with van der Waals surface area (Å²) in [5, 5.41) is 2.33. The van der Waals surface area contributed by atoms with Crippen LogP contribution in [0.25, 0.3) is 38.5 Å². The van der Waals surface area contributed by atoms with Crippen LogP contribution in [0.5, 0.6) is 11.5 Å². The molecule has 0 saturated heterocycles. The van der Waals surface area contributed by atoms with Gasteiger partial charge in [-0.3, -0.25) is 4.57 Å². The second-order valence-corrected chi connectivity index (χ2v) is 9.19. The minimum atomic E-state index is 0.759. The van der Waals surface area contributed by atoms with Crippen LogP contribution in [0, 0.1) is 6.33 Å². The van der Waals surface area contributed by atoms with Crippen LogP contribution in [0.4, 0.5) is 0 Å². The molecule has 182 valence electrons. The first-order chi connectivity index (χ1) is 18.8. The van der Waals surface area contributed by atoms with Gasteiger partial charge in [-0.05, 0) is 42.5 Å². The lowest BCUT2D eigenvalue weighted by Gasteiger charge is -2.11. The van der Waals surface area contributed by atoms with Crippen molar-refractivity contribution in [2.75, 3.05) is 0 Å². The summed E-state index contributed by atoms with van der Waals surface area (Å²) in [4.78, 5) is 4.72. The van der Waals surface area contributed by atoms with E-state index in [-0.39, 0.29) is 0 Å². The maximum Gasteiger partial charge on any atom is 0.244 e. The Morgan fingerprint density at radius 1 is 0.711 bits per heavy atom. The lowest BCUT2D eigenvalue weighted by atomic mass is 10.1. The highest BCUT2D eigenvalue weighted by Crippen LogP contribution is 2.33. The van der Waals surface area contributed by atoms with Crippen molar-refractivity contribution in [3.63, 3.8) is 0 Å². The summed E-state index contributed by atoms with van der Waals surface area (Å²) in [7, 11) is 2.01. The Morgan fingerprint density at radius 3 is 2.45 bits per heavy atom. The highest BCUT2D eigenvalue weighted by atomic mass is 16.5. The maximum atomic E-state index is 6.42. The van der Waals surface area contributed by atoms with Gasteiger partial charge in [0.15, 0.2) is 0 Å². The van der Waals surface area contributed by atoms with Gasteiger partial charge in [-0.15, -0.1) is 0 Å². The second-order valence-electron chi connectivity index (χ2n) is 9.19. The van der Waals surface area contributed by atoms with E-state index in [0.29, 0.717) is 0 Å². The molecule has 7 rings (SSSR count). The predicted molar refractivity (Wildman–Crippen MR) is 153 cm³/mol. The van der Waals surface area contributed by atoms with Crippen LogP contribution in [0.2, 0.25) is 0 Å². The molecule has 1 aliphatic rings. The predicted octanol–water partition coefficient (Wildman–Crippen LogP) is 7.04. The summed E-state index contributed by atoms with van der Waals surface area (Å²) in [5.74, 6) is 2.37. The fraction of sp³-hybridized carbons (Fsp3) is 0.0303. The number of nitrogens with zero attached hydrogens (tertiary/aromatic N) is 4. The Kier molecular flexibility index (Phi) is 5.26. The van der Waals surface area contributed by atoms with Crippen LogP contribution in [0.1, 0.15) is 0 Å². The van der Waals surface area contributed by atoms with Crippen molar-refractivity contribution in [1.29, 1.82) is 0 Å². The number of aliphatic imine (C=N–C) groups is 1. The molecule has 0 N–H and O–H groups in total. The number of hydrogen-bond acceptors (Lipinski definition) is 2. The molecule has 1 aliphatic heterocycles. The van der Waals surface area contributed by atoms with Crippen molar-refractivity contribution in [2.24, 2.45) is 12.0 Å². The molecular formula is C33H24N4O. The molecule has 4 aromatic carbocycles. The van der Waals surface area contributed by atoms with Gasteiger partial charge in [0.25, 0.3) is 0 Å². The second kappa shape index (κ2) is 9.05. The topological polar surface area (TPSA) is 35.3 Å². The van der Waals surface area contributed by atoms with E-state index in [1.807, 2.05) is 84.6 Å². The molecule has 0 radical (unpaired) electrons. The van der Waals surface area contributed by atoms with Gasteiger partial charge in [0.2, 0.25) is 6.33 Å². The molecule has 6 aromatic rings. The molecule has 0 atom stereocenters. The van der Waals surface area contributed by atoms with E-state index in [1.54, 1.807) is 0 Å². The van der Waals surface area contributed by atoms with Crippen LogP contribution in [-0.2, 0) is 7.05 Å². The van der Waals surface area contributed by atoms with Gasteiger partial charge < -0.3 is 13.9 Å². The van der Waals surface area contributed by atoms with E-state index in [1.165, 1.54) is 5.39 Å². The van der Waals surface area contributed by atoms with Gasteiger partial charge in [-0.25, -0.2) is 4.99 Å². The van der Waals surface area contributed by atoms with Gasteiger partial charge >= 0.3 is 0 Å². The van der Waals surface area contributed by atoms with Crippen molar-refractivity contribution in [1.82, 2.24) is 9.13 Å². The molecule has 38 heavy (non-hydrogen) atoms. The minimum Gasteiger partial charge on any atom is -0.458 e. The molecule has 0 fully saturated rings. The first-order valence-electron chi connectivity index (χ1n) is 12.5. The molecule has 0 spiro atoms. The summed E-state index contributed by atoms with van der Waals surface area (Å²) in [6.45, 7) is 0. The first-order valence-corrected chi connectivity index (χ1v) is 12.5. The number of aromatic nitrogens is 3. The Bertz CT molecular complexity index is 1970. The summed E-state index contributed by atoms with van der Waals surface area (Å²) in [6, 6.07) is 31.0. The molecule has 0 amide bonds. The lowest BCUT2D eigenvalue weighted by Crippen LogP contribution is -2.29. The monoisotopic (exact) mass is 492 g/mol. The van der Waals surface area contributed by atoms with E-state index in [0.717, 1.165) is 50.5 Å². The Morgan fingerprint density at radius 2 is 1.50 bits per heavy atom. The highest BCUT2D eigenvalue weighted by molar-refractivity contribution is 6.16. The number of fused-ring (bicyclic) bond motifs is 4. The van der Waals surface area contributed by atoms with E-state index < -0.39 is 0 Å². The average Bonchev–Trinajstić information content (AvgIpc) is 3.44. The summed E-state index contributed by atoms with van der Waals surface area (Å²) >= 11 is 0. The zero-order valence-electron chi connectivity index (χ0n) is 20.8. The van der Waals surface area contributed by atoms with Crippen LogP contribution in [0.15, 0.2) is 133 Å². The third kappa shape index (κ3) is 3.73. The van der Waals surface area contributed by atoms with Crippen molar-refractivity contribution < 1.29 is 9.30 Å². The number of hydrogen-bond donors (Lipinski definition) is 0. The molecule has 0 bridgehead atoms. The summed E-state index contributed by atoms with van der Waals surface area (Å²) in [5.41, 5.74) is 5.34. The zero-order chi connectivity index (χ0) is 25.5. The average molecular weight is 493 g/mol. The molecule has 0 saturated carbocycles. The zero-order valence-corrected chi connectivity index (χ0v) is 20.8. The van der Waals surface area contributed by atoms with Gasteiger partial charge in [-0.1, -0.05) is 72.8 Å². The van der Waals surface area contributed by atoms with Crippen LogP contribution in [0.3, 0.4) is 0 Å². The third-order valence-corrected chi connectivity index (χ3v) is 6.79. The smallest absolute Gasteiger partial charge is 0.244 e. The SMILES string of the molecule is Cn1[c-][n+](-c2cccc(Oc3ccc4c5ccccc5n(C5=N/C=C\C=C/C=C\5)c4c3)c2)c2ccccc21. The Hall–Kier alpha value is -5.16. The molecule has 2 aromatic heterocycles. The molecule has 5 nitrogen and oxygen atoms in total. The highest BCUT2D eigenvalue weighted by Gasteiger charge is 2.15. The van der Waals surface area contributed by atoms with Crippen molar-refractivity contribution >= 4 is 38.7 Å². The van der Waals surface area contributed by atoms with Crippen LogP contribution < -0.4 is 9.30 Å². The number of ether oxygens (including phenoxy) is 1. The maximum absolute atomic E-state index is 6.42. The Balaban J connectivity index is 1.32. The molecule has 0 unspecified atom stereocenters. The number of imidazole rings is 1. The largest absolute Gasteiger partial charge is 0.458 e. The van der Waals surface area contributed by atoms with Crippen LogP contribution >= 0.6 is 0 Å². The van der Waals surface area contributed by atoms with Gasteiger partial charge in [0, 0.05) is 23.0 Å². The number of rotatable bonds is 3. The molecule has 3 heterocycles. The van der Waals surface area contributed by atoms with E-state index in [9.17, 15) is 0 Å². The summed E-state index contributed by atoms with van der Waals surface area (Å²) in [6.07, 6.45) is 15.2. The van der Waals surface area contributed by atoms with Gasteiger partial charge in [0.05, 0.1) is 34.8 Å². The number of benzene rings is 4. The Labute approximate surface area is 220 Å². The quantitative estimate of drug-likeness (QED) is 0.193. The van der Waals surface area contributed by atoms with E-state index in [2.05, 4.69) is 70.1 Å². The summed E-state index contributed by atoms with van der Waals surface area (Å²) < 4.78 is 12.7. The standard InChI is InChI=1S/C33H24N4O/c1-35-23-36(31-16-8-7-15-30(31)35)24-11-10-12-25(21-24)38-26-18-19-28-27-13-5-6-14-29(27)37(32(28)22-26)33-17-4-2-3-9-20-34-33/h2-22H,1H3/b3-2-,4-2?,9-3?,17-4-,20-9-,33-17?,34-20?,34-33+. The van der Waals surface area contributed by atoms with E-state index in [4.69, 9.17) is 9.73 Å². The van der Waals surface area contributed by atoms with Crippen molar-refractivity contribution in [3.8, 4) is 17.2 Å². The lowest BCUT2D eigenvalue weighted by molar-refractivity contribution is -0.572. The molecular weight excluding hydrogens is 468 g/mol. The fourth-order valence-corrected chi connectivity index (χ4v) is 5.09. The van der Waals surface area contributed by atoms with E-state index >= 15 is 0 Å².